The van der Waals surface area contributed by atoms with Crippen LogP contribution in [0.2, 0.25) is 0 Å². The smallest absolute Gasteiger partial charge is 0.00702 e. The highest BCUT2D eigenvalue weighted by atomic mass is 15.0. The average molecular weight is 320 g/mol. The molecule has 23 heavy (non-hydrogen) atoms. The lowest BCUT2D eigenvalue weighted by atomic mass is 10.0. The molecule has 1 heterocycles. The first-order chi connectivity index (χ1) is 11.4. The van der Waals surface area contributed by atoms with E-state index in [1.165, 1.54) is 103 Å². The van der Waals surface area contributed by atoms with Crippen molar-refractivity contribution in [3.05, 3.63) is 25.3 Å². The molecule has 1 heteroatoms. The maximum atomic E-state index is 3.89. The first-order valence-electron chi connectivity index (χ1n) is 10.3. The predicted octanol–water partition coefficient (Wildman–Crippen LogP) is 6.94. The van der Waals surface area contributed by atoms with Gasteiger partial charge in [-0.25, -0.2) is 0 Å². The molecule has 0 saturated carbocycles. The van der Waals surface area contributed by atoms with E-state index in [1.54, 1.807) is 0 Å². The first-order valence-corrected chi connectivity index (χ1v) is 10.3. The zero-order valence-electron chi connectivity index (χ0n) is 15.5. The van der Waals surface area contributed by atoms with Crippen LogP contribution in [0.1, 0.15) is 103 Å². The van der Waals surface area contributed by atoms with Crippen molar-refractivity contribution in [2.45, 2.75) is 115 Å². The Bertz CT molecular complexity index is 256. The van der Waals surface area contributed by atoms with Crippen LogP contribution in [0.15, 0.2) is 25.3 Å². The molecule has 1 aliphatic heterocycles. The van der Waals surface area contributed by atoms with Gasteiger partial charge in [-0.15, -0.1) is 13.2 Å². The molecule has 1 nitrogen and oxygen atoms in total. The molecular formula is C22H41N. The minimum atomic E-state index is 0.820. The van der Waals surface area contributed by atoms with E-state index >= 15 is 0 Å². The molecule has 2 unspecified atom stereocenters. The molecule has 0 amide bonds. The first kappa shape index (κ1) is 20.5. The highest BCUT2D eigenvalue weighted by Crippen LogP contribution is 2.22. The van der Waals surface area contributed by atoms with E-state index in [0.29, 0.717) is 0 Å². The van der Waals surface area contributed by atoms with E-state index in [9.17, 15) is 0 Å². The second-order valence-corrected chi connectivity index (χ2v) is 7.41. The quantitative estimate of drug-likeness (QED) is 0.240. The van der Waals surface area contributed by atoms with Crippen LogP contribution in [0.5, 0.6) is 0 Å². The third kappa shape index (κ3) is 11.6. The molecule has 0 aromatic heterocycles. The number of hydrogen-bond donors (Lipinski definition) is 1. The monoisotopic (exact) mass is 319 g/mol. The van der Waals surface area contributed by atoms with E-state index in [-0.39, 0.29) is 0 Å². The summed E-state index contributed by atoms with van der Waals surface area (Å²) in [5, 5.41) is 3.89. The van der Waals surface area contributed by atoms with Crippen LogP contribution in [-0.2, 0) is 0 Å². The molecule has 1 rings (SSSR count). The Labute approximate surface area is 146 Å². The Kier molecular flexibility index (Phi) is 13.4. The lowest BCUT2D eigenvalue weighted by Crippen LogP contribution is -2.29. The Hall–Kier alpha value is -0.560. The van der Waals surface area contributed by atoms with Gasteiger partial charge < -0.3 is 5.32 Å². The van der Waals surface area contributed by atoms with Crippen molar-refractivity contribution in [2.24, 2.45) is 0 Å². The van der Waals surface area contributed by atoms with Crippen molar-refractivity contribution in [3.8, 4) is 0 Å². The van der Waals surface area contributed by atoms with E-state index < -0.39 is 0 Å². The Morgan fingerprint density at radius 1 is 0.609 bits per heavy atom. The van der Waals surface area contributed by atoms with Gasteiger partial charge in [0, 0.05) is 12.1 Å². The van der Waals surface area contributed by atoms with Crippen molar-refractivity contribution in [2.75, 3.05) is 0 Å². The number of rotatable bonds is 16. The van der Waals surface area contributed by atoms with E-state index in [4.69, 9.17) is 0 Å². The summed E-state index contributed by atoms with van der Waals surface area (Å²) in [6, 6.07) is 1.64. The fraction of sp³-hybridized carbons (Fsp3) is 0.818. The minimum absolute atomic E-state index is 0.820. The van der Waals surface area contributed by atoms with Crippen molar-refractivity contribution in [1.29, 1.82) is 0 Å². The molecule has 134 valence electrons. The number of hydrogen-bond acceptors (Lipinski definition) is 1. The summed E-state index contributed by atoms with van der Waals surface area (Å²) < 4.78 is 0. The van der Waals surface area contributed by atoms with Crippen LogP contribution >= 0.6 is 0 Å². The fourth-order valence-electron chi connectivity index (χ4n) is 3.78. The summed E-state index contributed by atoms with van der Waals surface area (Å²) in [5.74, 6) is 0. The third-order valence-corrected chi connectivity index (χ3v) is 5.26. The molecule has 1 fully saturated rings. The minimum Gasteiger partial charge on any atom is -0.311 e. The topological polar surface area (TPSA) is 12.0 Å². The molecule has 0 bridgehead atoms. The molecule has 0 aliphatic carbocycles. The van der Waals surface area contributed by atoms with E-state index in [0.717, 1.165) is 12.1 Å². The van der Waals surface area contributed by atoms with Crippen molar-refractivity contribution in [1.82, 2.24) is 5.32 Å². The van der Waals surface area contributed by atoms with Crippen LogP contribution in [0.4, 0.5) is 0 Å². The van der Waals surface area contributed by atoms with Gasteiger partial charge in [0.1, 0.15) is 0 Å². The molecule has 0 spiro atoms. The molecule has 1 N–H and O–H groups in total. The van der Waals surface area contributed by atoms with Crippen molar-refractivity contribution >= 4 is 0 Å². The molecule has 0 radical (unpaired) electrons. The zero-order chi connectivity index (χ0) is 16.6. The average Bonchev–Trinajstić information content (AvgIpc) is 3.01. The Balaban J connectivity index is 1.87. The highest BCUT2D eigenvalue weighted by Gasteiger charge is 2.22. The van der Waals surface area contributed by atoms with Crippen molar-refractivity contribution < 1.29 is 0 Å². The van der Waals surface area contributed by atoms with Gasteiger partial charge >= 0.3 is 0 Å². The second kappa shape index (κ2) is 15.0. The lowest BCUT2D eigenvalue weighted by Gasteiger charge is -2.14. The van der Waals surface area contributed by atoms with Gasteiger partial charge in [0.05, 0.1) is 0 Å². The standard InChI is InChI=1S/C22H41N/c1-3-5-7-9-11-13-15-17-21-19-20-22(23-21)18-16-14-12-10-8-6-4-2/h3-4,21-23H,1-2,5-20H2. The normalized spacial score (nSPS) is 20.7. The highest BCUT2D eigenvalue weighted by molar-refractivity contribution is 4.83. The largest absolute Gasteiger partial charge is 0.311 e. The lowest BCUT2D eigenvalue weighted by molar-refractivity contribution is 0.453. The summed E-state index contributed by atoms with van der Waals surface area (Å²) in [6.07, 6.45) is 26.1. The van der Waals surface area contributed by atoms with E-state index in [2.05, 4.69) is 18.5 Å². The Morgan fingerprint density at radius 2 is 1.00 bits per heavy atom. The Morgan fingerprint density at radius 3 is 1.43 bits per heavy atom. The molecule has 0 aromatic rings. The van der Waals surface area contributed by atoms with E-state index in [1.807, 2.05) is 12.2 Å². The summed E-state index contributed by atoms with van der Waals surface area (Å²) in [5.41, 5.74) is 0. The zero-order valence-corrected chi connectivity index (χ0v) is 15.5. The molecular weight excluding hydrogens is 278 g/mol. The van der Waals surface area contributed by atoms with Crippen LogP contribution in [0.3, 0.4) is 0 Å². The number of unbranched alkanes of at least 4 members (excludes halogenated alkanes) is 10. The van der Waals surface area contributed by atoms with Gasteiger partial charge in [0.2, 0.25) is 0 Å². The summed E-state index contributed by atoms with van der Waals surface area (Å²) in [4.78, 5) is 0. The summed E-state index contributed by atoms with van der Waals surface area (Å²) >= 11 is 0. The fourth-order valence-corrected chi connectivity index (χ4v) is 3.78. The SMILES string of the molecule is C=CCCCCCCCC1CCC(CCCCCCCC=C)N1. The molecule has 2 atom stereocenters. The number of nitrogens with one attached hydrogen (secondary N) is 1. The van der Waals surface area contributed by atoms with Crippen LogP contribution < -0.4 is 5.32 Å². The van der Waals surface area contributed by atoms with Crippen molar-refractivity contribution in [3.63, 3.8) is 0 Å². The number of allylic oxidation sites excluding steroid dienone is 2. The van der Waals surface area contributed by atoms with Gasteiger partial charge in [-0.05, 0) is 51.4 Å². The molecule has 0 aromatic carbocycles. The summed E-state index contributed by atoms with van der Waals surface area (Å²) in [6.45, 7) is 7.57. The second-order valence-electron chi connectivity index (χ2n) is 7.41. The van der Waals surface area contributed by atoms with Crippen LogP contribution in [0.25, 0.3) is 0 Å². The molecule has 1 aliphatic rings. The van der Waals surface area contributed by atoms with Gasteiger partial charge in [-0.3, -0.25) is 0 Å². The predicted molar refractivity (Wildman–Crippen MR) is 105 cm³/mol. The van der Waals surface area contributed by atoms with Gasteiger partial charge in [-0.1, -0.05) is 63.5 Å². The van der Waals surface area contributed by atoms with Crippen LogP contribution in [0, 0.1) is 0 Å². The third-order valence-electron chi connectivity index (χ3n) is 5.26. The van der Waals surface area contributed by atoms with Gasteiger partial charge in [0.25, 0.3) is 0 Å². The van der Waals surface area contributed by atoms with Crippen LogP contribution in [-0.4, -0.2) is 12.1 Å². The molecule has 1 saturated heterocycles. The maximum Gasteiger partial charge on any atom is 0.00702 e. The van der Waals surface area contributed by atoms with Gasteiger partial charge in [-0.2, -0.15) is 0 Å². The summed E-state index contributed by atoms with van der Waals surface area (Å²) in [7, 11) is 0. The van der Waals surface area contributed by atoms with Gasteiger partial charge in [0.15, 0.2) is 0 Å². The maximum absolute atomic E-state index is 3.89.